The van der Waals surface area contributed by atoms with E-state index in [0.717, 1.165) is 16.0 Å². The van der Waals surface area contributed by atoms with Gasteiger partial charge in [0.25, 0.3) is 11.8 Å². The minimum Gasteiger partial charge on any atom is -0.480 e. The summed E-state index contributed by atoms with van der Waals surface area (Å²) >= 11 is 1.25. The quantitative estimate of drug-likeness (QED) is 0.306. The van der Waals surface area contributed by atoms with Crippen molar-refractivity contribution in [2.24, 2.45) is 5.16 Å². The summed E-state index contributed by atoms with van der Waals surface area (Å²) in [7, 11) is 1.26. The summed E-state index contributed by atoms with van der Waals surface area (Å²) in [5.41, 5.74) is 6.09. The molecule has 2 atom stereocenters. The number of carboxylic acid groups (broad SMARTS) is 1. The number of β-lactam (4-membered cyclic amide) rings is 1. The highest BCUT2D eigenvalue weighted by Gasteiger charge is 2.42. The number of aromatic nitrogens is 1. The van der Waals surface area contributed by atoms with Crippen molar-refractivity contribution < 1.29 is 29.1 Å². The number of likely N-dealkylation sites (N-methyl/N-ethyl adjacent to an activating group) is 1. The van der Waals surface area contributed by atoms with Crippen molar-refractivity contribution in [3.8, 4) is 0 Å². The van der Waals surface area contributed by atoms with Crippen molar-refractivity contribution in [2.45, 2.75) is 19.1 Å². The number of oxime groups is 1. The molecule has 1 aliphatic heterocycles. The molecule has 0 radical (unpaired) electrons. The van der Waals surface area contributed by atoms with E-state index in [1.54, 1.807) is 12.3 Å². The number of carboxylic acids is 1. The Bertz CT molecular complexity index is 780. The number of rotatable bonds is 7. The Morgan fingerprint density at radius 3 is 2.89 bits per heavy atom. The van der Waals surface area contributed by atoms with Gasteiger partial charge in [0, 0.05) is 12.4 Å². The molecule has 0 spiro atoms. The zero-order valence-electron chi connectivity index (χ0n) is 14.5. The third-order valence-corrected chi connectivity index (χ3v) is 4.21. The Morgan fingerprint density at radius 1 is 1.63 bits per heavy atom. The van der Waals surface area contributed by atoms with Crippen LogP contribution in [0.4, 0.5) is 9.93 Å². The fourth-order valence-corrected chi connectivity index (χ4v) is 2.75. The Hall–Kier alpha value is -3.22. The molecule has 4 N–H and O–H groups in total. The van der Waals surface area contributed by atoms with Crippen LogP contribution >= 0.6 is 11.3 Å². The van der Waals surface area contributed by atoms with E-state index in [1.165, 1.54) is 18.4 Å². The van der Waals surface area contributed by atoms with Gasteiger partial charge in [-0.3, -0.25) is 19.3 Å². The van der Waals surface area contributed by atoms with Crippen molar-refractivity contribution in [3.63, 3.8) is 0 Å². The van der Waals surface area contributed by atoms with E-state index in [2.05, 4.69) is 15.5 Å². The Balaban J connectivity index is 1.76. The number of nitrogens with one attached hydrogen (secondary N) is 1. The fourth-order valence-electron chi connectivity index (χ4n) is 2.10. The average Bonchev–Trinajstić information content (AvgIpc) is 3.03. The topological polar surface area (TPSA) is 168 Å². The van der Waals surface area contributed by atoms with E-state index >= 15 is 0 Å². The van der Waals surface area contributed by atoms with Gasteiger partial charge in [-0.2, -0.15) is 0 Å². The zero-order valence-corrected chi connectivity index (χ0v) is 15.3. The van der Waals surface area contributed by atoms with Crippen molar-refractivity contribution in [3.05, 3.63) is 11.1 Å². The molecule has 1 aromatic heterocycles. The number of hydrogen-bond donors (Lipinski definition) is 3. The second-order valence-corrected chi connectivity index (χ2v) is 6.52. The number of carbonyl (C=O) groups is 4. The van der Waals surface area contributed by atoms with E-state index in [9.17, 15) is 19.2 Å². The lowest BCUT2D eigenvalue weighted by Gasteiger charge is -2.38. The Labute approximate surface area is 157 Å². The predicted octanol–water partition coefficient (Wildman–Crippen LogP) is -0.748. The molecule has 2 rings (SSSR count). The van der Waals surface area contributed by atoms with Crippen molar-refractivity contribution in [1.29, 1.82) is 0 Å². The average molecular weight is 398 g/mol. The summed E-state index contributed by atoms with van der Waals surface area (Å²) in [6.07, 6.45) is 0.353. The molecule has 0 aliphatic carbocycles. The summed E-state index contributed by atoms with van der Waals surface area (Å²) in [5, 5.41) is 16.6. The van der Waals surface area contributed by atoms with Crippen LogP contribution in [0.25, 0.3) is 0 Å². The second kappa shape index (κ2) is 8.44. The molecular weight excluding hydrogens is 380 g/mol. The molecule has 0 bridgehead atoms. The first-order valence-electron chi connectivity index (χ1n) is 7.68. The van der Waals surface area contributed by atoms with Gasteiger partial charge in [0.2, 0.25) is 0 Å². The first-order chi connectivity index (χ1) is 12.7. The molecule has 1 aromatic rings. The maximum Gasteiger partial charge on any atom is 0.327 e. The lowest BCUT2D eigenvalue weighted by molar-refractivity contribution is -0.143. The van der Waals surface area contributed by atoms with E-state index in [-0.39, 0.29) is 6.54 Å². The van der Waals surface area contributed by atoms with Gasteiger partial charge in [0.1, 0.15) is 18.8 Å². The summed E-state index contributed by atoms with van der Waals surface area (Å²) in [5.74, 6) is -2.51. The van der Waals surface area contributed by atoms with Gasteiger partial charge in [-0.1, -0.05) is 5.16 Å². The summed E-state index contributed by atoms with van der Waals surface area (Å²) in [6, 6.07) is -1.64. The van der Waals surface area contributed by atoms with Gasteiger partial charge in [0.15, 0.2) is 11.2 Å². The number of likely N-dealkylation sites (tertiary alicyclic amines) is 1. The highest BCUT2D eigenvalue weighted by molar-refractivity contribution is 7.13. The molecule has 1 saturated heterocycles. The van der Waals surface area contributed by atoms with Crippen LogP contribution in [-0.2, 0) is 19.2 Å². The molecule has 0 aromatic carbocycles. The lowest BCUT2D eigenvalue weighted by Crippen LogP contribution is -2.67. The van der Waals surface area contributed by atoms with Crippen molar-refractivity contribution in [1.82, 2.24) is 20.1 Å². The molecule has 27 heavy (non-hydrogen) atoms. The molecule has 4 amide bonds. The smallest absolute Gasteiger partial charge is 0.327 e. The van der Waals surface area contributed by atoms with Crippen LogP contribution in [0.1, 0.15) is 18.7 Å². The molecule has 1 fully saturated rings. The number of imide groups is 1. The van der Waals surface area contributed by atoms with Gasteiger partial charge in [-0.05, 0) is 6.92 Å². The molecule has 12 nitrogen and oxygen atoms in total. The zero-order chi connectivity index (χ0) is 20.1. The summed E-state index contributed by atoms with van der Waals surface area (Å²) in [4.78, 5) is 57.0. The minimum absolute atomic E-state index is 0.0590. The van der Waals surface area contributed by atoms with Gasteiger partial charge in [-0.15, -0.1) is 11.3 Å². The molecular formula is C14H18N6O6S. The largest absolute Gasteiger partial charge is 0.480 e. The first-order valence-corrected chi connectivity index (χ1v) is 8.55. The molecule has 0 saturated carbocycles. The number of nitrogens with zero attached hydrogens (tertiary/aromatic N) is 4. The van der Waals surface area contributed by atoms with Crippen molar-refractivity contribution in [2.75, 3.05) is 25.9 Å². The fraction of sp³-hybridized carbons (Fsp3) is 0.429. The number of urea groups is 1. The van der Waals surface area contributed by atoms with Crippen LogP contribution in [-0.4, -0.2) is 76.1 Å². The Morgan fingerprint density at radius 2 is 2.33 bits per heavy atom. The molecule has 146 valence electrons. The number of aliphatic carboxylic acids is 1. The monoisotopic (exact) mass is 398 g/mol. The maximum absolute atomic E-state index is 11.9. The number of thiazole rings is 1. The minimum atomic E-state index is -1.20. The van der Waals surface area contributed by atoms with E-state index in [1.807, 2.05) is 0 Å². The number of nitrogens with two attached hydrogens (primary N) is 1. The second-order valence-electron chi connectivity index (χ2n) is 5.64. The lowest BCUT2D eigenvalue weighted by atomic mass is 10.1. The number of hydrogen-bond acceptors (Lipinski definition) is 9. The highest BCUT2D eigenvalue weighted by Crippen LogP contribution is 2.20. The number of carbonyl (C=O) groups excluding carboxylic acids is 3. The number of amides is 4. The van der Waals surface area contributed by atoms with Crippen LogP contribution in [0, 0.1) is 0 Å². The highest BCUT2D eigenvalue weighted by atomic mass is 32.1. The van der Waals surface area contributed by atoms with Crippen LogP contribution < -0.4 is 11.1 Å². The van der Waals surface area contributed by atoms with Gasteiger partial charge < -0.3 is 25.9 Å². The predicted molar refractivity (Wildman–Crippen MR) is 93.8 cm³/mol. The van der Waals surface area contributed by atoms with Crippen molar-refractivity contribution >= 4 is 46.5 Å². The van der Waals surface area contributed by atoms with Crippen LogP contribution in [0.5, 0.6) is 0 Å². The van der Waals surface area contributed by atoms with Gasteiger partial charge >= 0.3 is 12.0 Å². The molecule has 1 unspecified atom stereocenters. The number of anilines is 1. The summed E-state index contributed by atoms with van der Waals surface area (Å²) in [6.45, 7) is 1.08. The van der Waals surface area contributed by atoms with E-state index in [4.69, 9.17) is 15.7 Å². The molecule has 1 aliphatic rings. The van der Waals surface area contributed by atoms with Gasteiger partial charge in [0.05, 0.1) is 12.2 Å². The van der Waals surface area contributed by atoms with Crippen LogP contribution in [0.3, 0.4) is 0 Å². The van der Waals surface area contributed by atoms with Crippen LogP contribution in [0.2, 0.25) is 0 Å². The summed E-state index contributed by atoms with van der Waals surface area (Å²) < 4.78 is 0. The van der Waals surface area contributed by atoms with Crippen LogP contribution in [0.15, 0.2) is 10.5 Å². The molecule has 2 heterocycles. The normalized spacial score (nSPS) is 17.3. The SMILES string of the molecule is CC(ON=CC(=O)N[C@H]1CN(C(=O)N(C)CC(=O)O)C1=O)c1csc(N)n1. The number of nitrogen functional groups attached to an aromatic ring is 1. The Kier molecular flexibility index (Phi) is 6.28. The third kappa shape index (κ3) is 5.13. The maximum atomic E-state index is 11.9. The van der Waals surface area contributed by atoms with E-state index < -0.39 is 42.5 Å². The van der Waals surface area contributed by atoms with E-state index in [0.29, 0.717) is 10.8 Å². The third-order valence-electron chi connectivity index (χ3n) is 3.52. The first kappa shape index (κ1) is 20.1. The standard InChI is InChI=1S/C14H18N6O6S/c1-7(9-6-27-13(15)18-9)26-16-3-10(21)17-8-4-20(12(8)24)14(25)19(2)5-11(22)23/h3,6-8H,4-5H2,1-2H3,(H2,15,18)(H,17,21)(H,22,23)/t7?,8-/m0/s1. The van der Waals surface area contributed by atoms with Gasteiger partial charge in [-0.25, -0.2) is 9.78 Å². The molecule has 13 heteroatoms.